The third kappa shape index (κ3) is 2.70. The van der Waals surface area contributed by atoms with Gasteiger partial charge >= 0.3 is 0 Å². The highest BCUT2D eigenvalue weighted by atomic mass is 35.5. The van der Waals surface area contributed by atoms with Crippen LogP contribution in [0.1, 0.15) is 11.4 Å². The van der Waals surface area contributed by atoms with Gasteiger partial charge in [0, 0.05) is 15.8 Å². The zero-order valence-electron chi connectivity index (χ0n) is 8.50. The summed E-state index contributed by atoms with van der Waals surface area (Å²) >= 11 is 13.6. The average Bonchev–Trinajstić information content (AvgIpc) is 2.63. The van der Waals surface area contributed by atoms with E-state index in [1.165, 1.54) is 11.8 Å². The second-order valence-corrected chi connectivity index (χ2v) is 4.95. The second kappa shape index (κ2) is 5.08. The van der Waals surface area contributed by atoms with E-state index in [1.54, 1.807) is 0 Å². The number of aromatic nitrogens is 3. The van der Waals surface area contributed by atoms with Gasteiger partial charge in [-0.1, -0.05) is 41.0 Å². The fourth-order valence-electron chi connectivity index (χ4n) is 1.19. The fourth-order valence-corrected chi connectivity index (χ4v) is 2.78. The Morgan fingerprint density at radius 3 is 2.56 bits per heavy atom. The first-order valence-corrected chi connectivity index (χ1v) is 6.35. The van der Waals surface area contributed by atoms with Gasteiger partial charge in [-0.15, -0.1) is 5.10 Å². The maximum absolute atomic E-state index is 6.05. The third-order valence-electron chi connectivity index (χ3n) is 1.98. The number of halogens is 2. The number of nitrogens with one attached hydrogen (secondary N) is 1. The minimum atomic E-state index is 0.662. The van der Waals surface area contributed by atoms with E-state index in [0.29, 0.717) is 21.0 Å². The molecule has 0 spiro atoms. The van der Waals surface area contributed by atoms with Crippen LogP contribution in [0.25, 0.3) is 0 Å². The van der Waals surface area contributed by atoms with Crippen LogP contribution in [0, 0.1) is 6.92 Å². The molecule has 1 aromatic heterocycles. The normalized spacial score (nSPS) is 10.7. The SMILES string of the molecule is Cc1nc(SCc2c(Cl)cccc2Cl)n[nH]1. The summed E-state index contributed by atoms with van der Waals surface area (Å²) in [4.78, 5) is 4.20. The molecule has 2 aromatic rings. The van der Waals surface area contributed by atoms with E-state index in [4.69, 9.17) is 23.2 Å². The topological polar surface area (TPSA) is 41.6 Å². The van der Waals surface area contributed by atoms with E-state index >= 15 is 0 Å². The Balaban J connectivity index is 2.10. The van der Waals surface area contributed by atoms with Crippen molar-refractivity contribution in [2.45, 2.75) is 17.8 Å². The minimum Gasteiger partial charge on any atom is -0.262 e. The summed E-state index contributed by atoms with van der Waals surface area (Å²) in [6.07, 6.45) is 0. The summed E-state index contributed by atoms with van der Waals surface area (Å²) in [5.74, 6) is 1.46. The molecule has 84 valence electrons. The van der Waals surface area contributed by atoms with Crippen molar-refractivity contribution in [1.82, 2.24) is 15.2 Å². The van der Waals surface area contributed by atoms with Crippen LogP contribution in [0.15, 0.2) is 23.4 Å². The molecule has 0 bridgehead atoms. The molecule has 6 heteroatoms. The van der Waals surface area contributed by atoms with Gasteiger partial charge in [0.25, 0.3) is 0 Å². The smallest absolute Gasteiger partial charge is 0.208 e. The number of aromatic amines is 1. The van der Waals surface area contributed by atoms with Crippen LogP contribution in [0.3, 0.4) is 0 Å². The molecule has 16 heavy (non-hydrogen) atoms. The molecule has 0 saturated heterocycles. The van der Waals surface area contributed by atoms with E-state index in [2.05, 4.69) is 15.2 Å². The van der Waals surface area contributed by atoms with E-state index in [1.807, 2.05) is 25.1 Å². The Morgan fingerprint density at radius 2 is 2.00 bits per heavy atom. The van der Waals surface area contributed by atoms with Crippen LogP contribution in [-0.4, -0.2) is 15.2 Å². The van der Waals surface area contributed by atoms with Crippen molar-refractivity contribution in [2.75, 3.05) is 0 Å². The minimum absolute atomic E-state index is 0.662. The molecular weight excluding hydrogens is 265 g/mol. The highest BCUT2D eigenvalue weighted by Gasteiger charge is 2.07. The summed E-state index contributed by atoms with van der Waals surface area (Å²) in [7, 11) is 0. The third-order valence-corrected chi connectivity index (χ3v) is 3.57. The molecule has 0 unspecified atom stereocenters. The van der Waals surface area contributed by atoms with Gasteiger partial charge in [-0.2, -0.15) is 0 Å². The number of rotatable bonds is 3. The van der Waals surface area contributed by atoms with Crippen molar-refractivity contribution in [3.05, 3.63) is 39.6 Å². The molecule has 3 nitrogen and oxygen atoms in total. The molecule has 0 aliphatic heterocycles. The molecule has 1 aromatic carbocycles. The van der Waals surface area contributed by atoms with Gasteiger partial charge in [0.15, 0.2) is 0 Å². The van der Waals surface area contributed by atoms with Crippen LogP contribution >= 0.6 is 35.0 Å². The van der Waals surface area contributed by atoms with Gasteiger partial charge in [0.1, 0.15) is 5.82 Å². The Kier molecular flexibility index (Phi) is 3.74. The first kappa shape index (κ1) is 11.8. The van der Waals surface area contributed by atoms with Gasteiger partial charge in [0.05, 0.1) is 0 Å². The molecule has 0 aliphatic rings. The van der Waals surface area contributed by atoms with Crippen LogP contribution in [-0.2, 0) is 5.75 Å². The maximum Gasteiger partial charge on any atom is 0.208 e. The van der Waals surface area contributed by atoms with Gasteiger partial charge in [-0.05, 0) is 24.6 Å². The number of hydrogen-bond donors (Lipinski definition) is 1. The second-order valence-electron chi connectivity index (χ2n) is 3.19. The summed E-state index contributed by atoms with van der Waals surface area (Å²) in [6, 6.07) is 5.48. The monoisotopic (exact) mass is 273 g/mol. The molecule has 2 rings (SSSR count). The van der Waals surface area contributed by atoms with Crippen LogP contribution < -0.4 is 0 Å². The van der Waals surface area contributed by atoms with Crippen molar-refractivity contribution in [3.63, 3.8) is 0 Å². The standard InChI is InChI=1S/C10H9Cl2N3S/c1-6-13-10(15-14-6)16-5-7-8(11)3-2-4-9(7)12/h2-4H,5H2,1H3,(H,13,14,15). The van der Waals surface area contributed by atoms with E-state index in [0.717, 1.165) is 11.4 Å². The quantitative estimate of drug-likeness (QED) is 0.867. The first-order chi connectivity index (χ1) is 7.66. The number of nitrogens with zero attached hydrogens (tertiary/aromatic N) is 2. The van der Waals surface area contributed by atoms with E-state index in [9.17, 15) is 0 Å². The van der Waals surface area contributed by atoms with Crippen molar-refractivity contribution in [1.29, 1.82) is 0 Å². The van der Waals surface area contributed by atoms with Crippen LogP contribution in [0.5, 0.6) is 0 Å². The van der Waals surface area contributed by atoms with Crippen LogP contribution in [0.4, 0.5) is 0 Å². The molecule has 0 radical (unpaired) electrons. The predicted molar refractivity (Wildman–Crippen MR) is 67.1 cm³/mol. The van der Waals surface area contributed by atoms with Gasteiger partial charge in [-0.3, -0.25) is 5.10 Å². The predicted octanol–water partition coefficient (Wildman–Crippen LogP) is 3.71. The number of thioether (sulfide) groups is 1. The lowest BCUT2D eigenvalue weighted by atomic mass is 10.2. The fraction of sp³-hybridized carbons (Fsp3) is 0.200. The Hall–Kier alpha value is -0.710. The lowest BCUT2D eigenvalue weighted by Crippen LogP contribution is -1.85. The van der Waals surface area contributed by atoms with Crippen molar-refractivity contribution in [3.8, 4) is 0 Å². The summed E-state index contributed by atoms with van der Waals surface area (Å²) in [6.45, 7) is 1.86. The van der Waals surface area contributed by atoms with Gasteiger partial charge < -0.3 is 0 Å². The first-order valence-electron chi connectivity index (χ1n) is 4.61. The van der Waals surface area contributed by atoms with E-state index < -0.39 is 0 Å². The Bertz CT molecular complexity index is 478. The largest absolute Gasteiger partial charge is 0.262 e. The molecule has 0 amide bonds. The average molecular weight is 274 g/mol. The molecule has 0 aliphatic carbocycles. The van der Waals surface area contributed by atoms with Crippen molar-refractivity contribution < 1.29 is 0 Å². The highest BCUT2D eigenvalue weighted by Crippen LogP contribution is 2.30. The Morgan fingerprint density at radius 1 is 1.31 bits per heavy atom. The lowest BCUT2D eigenvalue weighted by Gasteiger charge is -2.04. The maximum atomic E-state index is 6.05. The zero-order chi connectivity index (χ0) is 11.5. The van der Waals surface area contributed by atoms with Gasteiger partial charge in [-0.25, -0.2) is 4.98 Å². The zero-order valence-corrected chi connectivity index (χ0v) is 10.8. The summed E-state index contributed by atoms with van der Waals surface area (Å²) in [5.41, 5.74) is 0.915. The summed E-state index contributed by atoms with van der Waals surface area (Å²) in [5, 5.41) is 8.87. The molecular formula is C10H9Cl2N3S. The Labute approximate surface area is 108 Å². The summed E-state index contributed by atoms with van der Waals surface area (Å²) < 4.78 is 0. The molecule has 0 saturated carbocycles. The molecule has 1 heterocycles. The number of aryl methyl sites for hydroxylation is 1. The van der Waals surface area contributed by atoms with E-state index in [-0.39, 0.29) is 0 Å². The number of H-pyrrole nitrogens is 1. The molecule has 1 N–H and O–H groups in total. The molecule has 0 fully saturated rings. The number of hydrogen-bond acceptors (Lipinski definition) is 3. The lowest BCUT2D eigenvalue weighted by molar-refractivity contribution is 0.969. The number of benzene rings is 1. The molecule has 0 atom stereocenters. The highest BCUT2D eigenvalue weighted by molar-refractivity contribution is 7.98. The van der Waals surface area contributed by atoms with Gasteiger partial charge in [0.2, 0.25) is 5.16 Å². The van der Waals surface area contributed by atoms with Crippen molar-refractivity contribution >= 4 is 35.0 Å². The van der Waals surface area contributed by atoms with Crippen LogP contribution in [0.2, 0.25) is 10.0 Å². The van der Waals surface area contributed by atoms with Crippen molar-refractivity contribution in [2.24, 2.45) is 0 Å².